The fraction of sp³-hybridized carbons (Fsp3) is 0.571. The molecule has 1 aliphatic rings. The van der Waals surface area contributed by atoms with Gasteiger partial charge in [-0.2, -0.15) is 0 Å². The number of benzene rings is 1. The molecular weight excluding hydrogens is 296 g/mol. The molecule has 0 radical (unpaired) electrons. The van der Waals surface area contributed by atoms with E-state index in [0.717, 1.165) is 29.8 Å². The molecule has 0 fully saturated rings. The predicted octanol–water partition coefficient (Wildman–Crippen LogP) is 4.99. The van der Waals surface area contributed by atoms with Crippen LogP contribution in [0.5, 0.6) is 0 Å². The van der Waals surface area contributed by atoms with Gasteiger partial charge < -0.3 is 9.80 Å². The van der Waals surface area contributed by atoms with Crippen molar-refractivity contribution in [1.82, 2.24) is 4.90 Å². The van der Waals surface area contributed by atoms with Crippen LogP contribution in [0.15, 0.2) is 36.0 Å². The maximum absolute atomic E-state index is 13.0. The summed E-state index contributed by atoms with van der Waals surface area (Å²) in [4.78, 5) is 17.3. The molecule has 0 unspecified atom stereocenters. The number of carbonyl (C=O) groups is 1. The summed E-state index contributed by atoms with van der Waals surface area (Å²) in [5.74, 6) is 0.153. The zero-order chi connectivity index (χ0) is 18.5. The molecule has 1 heterocycles. The Labute approximate surface area is 148 Å². The second kappa shape index (κ2) is 8.36. The number of anilines is 1. The topological polar surface area (TPSA) is 23.6 Å². The van der Waals surface area contributed by atoms with Crippen LogP contribution in [0.4, 0.5) is 5.69 Å². The third kappa shape index (κ3) is 4.62. The van der Waals surface area contributed by atoms with Crippen LogP contribution in [0.3, 0.4) is 0 Å². The standard InChI is InChI=1S/C19H28N2O.C2H6/c1-14(2)21-12-11-19(3,4)17(13-21)18(22)15-7-9-16(10-8-15)20(5)6;1-2/h7-10,13-14H,11-12H2,1-6H3;1-2H3. The summed E-state index contributed by atoms with van der Waals surface area (Å²) < 4.78 is 0. The van der Waals surface area contributed by atoms with Gasteiger partial charge in [0.2, 0.25) is 0 Å². The molecule has 0 spiro atoms. The van der Waals surface area contributed by atoms with Crippen molar-refractivity contribution < 1.29 is 4.79 Å². The number of nitrogens with zero attached hydrogens (tertiary/aromatic N) is 2. The summed E-state index contributed by atoms with van der Waals surface area (Å²) in [5.41, 5.74) is 2.74. The van der Waals surface area contributed by atoms with Gasteiger partial charge in [-0.05, 0) is 49.9 Å². The van der Waals surface area contributed by atoms with E-state index >= 15 is 0 Å². The lowest BCUT2D eigenvalue weighted by molar-refractivity contribution is 0.0983. The van der Waals surface area contributed by atoms with Crippen molar-refractivity contribution in [3.05, 3.63) is 41.6 Å². The van der Waals surface area contributed by atoms with Crippen LogP contribution < -0.4 is 4.90 Å². The van der Waals surface area contributed by atoms with Crippen LogP contribution in [-0.4, -0.2) is 37.4 Å². The van der Waals surface area contributed by atoms with Crippen LogP contribution in [0.25, 0.3) is 0 Å². The lowest BCUT2D eigenvalue weighted by Crippen LogP contribution is -2.38. The maximum atomic E-state index is 13.0. The molecule has 0 saturated carbocycles. The smallest absolute Gasteiger partial charge is 0.191 e. The number of allylic oxidation sites excluding steroid dienone is 1. The molecule has 0 aromatic heterocycles. The van der Waals surface area contributed by atoms with Crippen LogP contribution in [0.2, 0.25) is 0 Å². The molecule has 0 saturated heterocycles. The number of hydrogen-bond acceptors (Lipinski definition) is 3. The van der Waals surface area contributed by atoms with E-state index in [-0.39, 0.29) is 11.2 Å². The van der Waals surface area contributed by atoms with Crippen LogP contribution in [0.1, 0.15) is 58.3 Å². The van der Waals surface area contributed by atoms with E-state index in [1.165, 1.54) is 0 Å². The van der Waals surface area contributed by atoms with Gasteiger partial charge >= 0.3 is 0 Å². The Hall–Kier alpha value is -1.77. The SMILES string of the molecule is CC.CC(C)N1C=C(C(=O)c2ccc(N(C)C)cc2)C(C)(C)CC1. The summed E-state index contributed by atoms with van der Waals surface area (Å²) in [6, 6.07) is 8.30. The highest BCUT2D eigenvalue weighted by atomic mass is 16.1. The van der Waals surface area contributed by atoms with E-state index in [4.69, 9.17) is 0 Å². The second-order valence-corrected chi connectivity index (χ2v) is 7.28. The lowest BCUT2D eigenvalue weighted by atomic mass is 9.76. The normalized spacial score (nSPS) is 16.2. The first-order valence-corrected chi connectivity index (χ1v) is 9.02. The molecule has 1 aliphatic heterocycles. The average Bonchev–Trinajstić information content (AvgIpc) is 2.55. The first kappa shape index (κ1) is 20.3. The van der Waals surface area contributed by atoms with Crippen molar-refractivity contribution in [2.75, 3.05) is 25.5 Å². The molecule has 0 amide bonds. The van der Waals surface area contributed by atoms with Crippen LogP contribution in [0, 0.1) is 5.41 Å². The largest absolute Gasteiger partial charge is 0.378 e. The van der Waals surface area contributed by atoms with E-state index in [1.807, 2.05) is 57.1 Å². The third-order valence-electron chi connectivity index (χ3n) is 4.57. The predicted molar refractivity (Wildman–Crippen MR) is 105 cm³/mol. The first-order chi connectivity index (χ1) is 11.2. The fourth-order valence-corrected chi connectivity index (χ4v) is 2.79. The van der Waals surface area contributed by atoms with Gasteiger partial charge in [0.1, 0.15) is 0 Å². The maximum Gasteiger partial charge on any atom is 0.191 e. The molecule has 0 bridgehead atoms. The molecule has 0 N–H and O–H groups in total. The number of carbonyl (C=O) groups excluding carboxylic acids is 1. The van der Waals surface area contributed by atoms with Gasteiger partial charge in [0.05, 0.1) is 0 Å². The summed E-state index contributed by atoms with van der Waals surface area (Å²) in [6.45, 7) is 13.7. The van der Waals surface area contributed by atoms with Crippen molar-refractivity contribution in [2.45, 2.75) is 54.0 Å². The van der Waals surface area contributed by atoms with Gasteiger partial charge in [0, 0.05) is 49.7 Å². The Bertz CT molecular complexity index is 568. The van der Waals surface area contributed by atoms with E-state index in [0.29, 0.717) is 6.04 Å². The Morgan fingerprint density at radius 2 is 1.67 bits per heavy atom. The van der Waals surface area contributed by atoms with Gasteiger partial charge in [-0.3, -0.25) is 4.79 Å². The van der Waals surface area contributed by atoms with Crippen molar-refractivity contribution in [3.8, 4) is 0 Å². The van der Waals surface area contributed by atoms with E-state index in [1.54, 1.807) is 0 Å². The minimum absolute atomic E-state index is 0.0668. The van der Waals surface area contributed by atoms with Crippen molar-refractivity contribution in [1.29, 1.82) is 0 Å². The quantitative estimate of drug-likeness (QED) is 0.727. The summed E-state index contributed by atoms with van der Waals surface area (Å²) in [5, 5.41) is 0. The minimum Gasteiger partial charge on any atom is -0.378 e. The van der Waals surface area contributed by atoms with Gasteiger partial charge in [-0.15, -0.1) is 0 Å². The highest BCUT2D eigenvalue weighted by molar-refractivity contribution is 6.09. The molecule has 1 aromatic carbocycles. The Balaban J connectivity index is 0.00000139. The van der Waals surface area contributed by atoms with E-state index in [9.17, 15) is 4.79 Å². The molecule has 24 heavy (non-hydrogen) atoms. The second-order valence-electron chi connectivity index (χ2n) is 7.28. The van der Waals surface area contributed by atoms with E-state index in [2.05, 4.69) is 38.8 Å². The molecular formula is C21H34N2O. The zero-order valence-corrected chi connectivity index (χ0v) is 16.7. The van der Waals surface area contributed by atoms with Gasteiger partial charge in [0.15, 0.2) is 5.78 Å². The summed E-state index contributed by atoms with van der Waals surface area (Å²) >= 11 is 0. The Kier molecular flexibility index (Phi) is 7.07. The van der Waals surface area contributed by atoms with Crippen molar-refractivity contribution >= 4 is 11.5 Å². The molecule has 134 valence electrons. The zero-order valence-electron chi connectivity index (χ0n) is 16.7. The third-order valence-corrected chi connectivity index (χ3v) is 4.57. The Morgan fingerprint density at radius 3 is 2.12 bits per heavy atom. The van der Waals surface area contributed by atoms with Crippen LogP contribution >= 0.6 is 0 Å². The highest BCUT2D eigenvalue weighted by Crippen LogP contribution is 2.37. The summed E-state index contributed by atoms with van der Waals surface area (Å²) in [6.07, 6.45) is 3.09. The molecule has 0 aliphatic carbocycles. The number of Topliss-reactive ketones (excluding diaryl/α,β-unsaturated/α-hetero) is 1. The van der Waals surface area contributed by atoms with E-state index < -0.39 is 0 Å². The van der Waals surface area contributed by atoms with Gasteiger partial charge in [-0.1, -0.05) is 27.7 Å². The van der Waals surface area contributed by atoms with Crippen LogP contribution in [-0.2, 0) is 0 Å². The monoisotopic (exact) mass is 330 g/mol. The molecule has 3 nitrogen and oxygen atoms in total. The molecule has 0 atom stereocenters. The number of ketones is 1. The number of hydrogen-bond donors (Lipinski definition) is 0. The fourth-order valence-electron chi connectivity index (χ4n) is 2.79. The average molecular weight is 331 g/mol. The molecule has 1 aromatic rings. The first-order valence-electron chi connectivity index (χ1n) is 9.02. The molecule has 3 heteroatoms. The summed E-state index contributed by atoms with van der Waals surface area (Å²) in [7, 11) is 4.01. The lowest BCUT2D eigenvalue weighted by Gasteiger charge is -2.39. The Morgan fingerprint density at radius 1 is 1.12 bits per heavy atom. The van der Waals surface area contributed by atoms with Crippen molar-refractivity contribution in [2.24, 2.45) is 5.41 Å². The molecule has 2 rings (SSSR count). The number of rotatable bonds is 4. The van der Waals surface area contributed by atoms with Gasteiger partial charge in [-0.25, -0.2) is 0 Å². The van der Waals surface area contributed by atoms with Gasteiger partial charge in [0.25, 0.3) is 0 Å². The minimum atomic E-state index is -0.0668. The van der Waals surface area contributed by atoms with Crippen molar-refractivity contribution in [3.63, 3.8) is 0 Å². The highest BCUT2D eigenvalue weighted by Gasteiger charge is 2.33.